The van der Waals surface area contributed by atoms with E-state index in [2.05, 4.69) is 38.5 Å². The number of carbonyl (C=O) groups is 1. The highest BCUT2D eigenvalue weighted by Crippen LogP contribution is 2.21. The van der Waals surface area contributed by atoms with E-state index in [1.165, 1.54) is 0 Å². The van der Waals surface area contributed by atoms with Crippen LogP contribution in [0.3, 0.4) is 0 Å². The fourth-order valence-electron chi connectivity index (χ4n) is 1.61. The predicted molar refractivity (Wildman–Crippen MR) is 94.4 cm³/mol. The summed E-state index contributed by atoms with van der Waals surface area (Å²) in [5.41, 5.74) is 6.29. The number of hydrogen-bond acceptors (Lipinski definition) is 2. The molecule has 0 heterocycles. The van der Waals surface area contributed by atoms with Crippen molar-refractivity contribution < 1.29 is 4.79 Å². The summed E-state index contributed by atoms with van der Waals surface area (Å²) < 4.78 is 1.84. The predicted octanol–water partition coefficient (Wildman–Crippen LogP) is 3.44. The average molecular weight is 455 g/mol. The summed E-state index contributed by atoms with van der Waals surface area (Å²) in [6.07, 6.45) is 0. The van der Waals surface area contributed by atoms with Gasteiger partial charge >= 0.3 is 0 Å². The van der Waals surface area contributed by atoms with Gasteiger partial charge in [-0.1, -0.05) is 19.1 Å². The molecule has 0 bridgehead atoms. The highest BCUT2D eigenvalue weighted by molar-refractivity contribution is 14.1. The van der Waals surface area contributed by atoms with E-state index in [1.807, 2.05) is 32.0 Å². The molecule has 1 amide bonds. The fourth-order valence-corrected chi connectivity index (χ4v) is 2.59. The van der Waals surface area contributed by atoms with E-state index in [0.717, 1.165) is 8.04 Å². The molecule has 0 saturated heterocycles. The number of carbonyl (C=O) groups excluding carboxylic acids is 1. The van der Waals surface area contributed by atoms with E-state index in [9.17, 15) is 4.79 Å². The first kappa shape index (κ1) is 16.8. The highest BCUT2D eigenvalue weighted by Gasteiger charge is 2.20. The molecule has 1 aromatic rings. The third kappa shape index (κ3) is 4.68. The molecule has 104 valence electrons. The fraction of sp³-hybridized carbons (Fsp3) is 0.385. The van der Waals surface area contributed by atoms with Crippen molar-refractivity contribution in [2.75, 3.05) is 13.1 Å². The molecule has 0 aliphatic rings. The second-order valence-electron chi connectivity index (χ2n) is 4.27. The molecule has 1 aromatic carbocycles. The second-order valence-corrected chi connectivity index (χ2v) is 6.84. The van der Waals surface area contributed by atoms with E-state index in [-0.39, 0.29) is 11.8 Å². The van der Waals surface area contributed by atoms with Gasteiger partial charge in [-0.05, 0) is 63.6 Å². The quantitative estimate of drug-likeness (QED) is 0.547. The van der Waals surface area contributed by atoms with Crippen molar-refractivity contribution in [1.29, 1.82) is 0 Å². The van der Waals surface area contributed by atoms with Gasteiger partial charge in [0.1, 0.15) is 0 Å². The minimum atomic E-state index is -0.00371. The van der Waals surface area contributed by atoms with Crippen molar-refractivity contribution in [2.24, 2.45) is 11.7 Å². The lowest BCUT2D eigenvalue weighted by molar-refractivity contribution is 0.0754. The molecule has 0 fully saturated rings. The first-order valence-electron chi connectivity index (χ1n) is 5.90. The van der Waals surface area contributed by atoms with Crippen LogP contribution in [0, 0.1) is 9.49 Å². The van der Waals surface area contributed by atoms with Gasteiger partial charge < -0.3 is 10.6 Å². The average Bonchev–Trinajstić information content (AvgIpc) is 2.37. The maximum absolute atomic E-state index is 12.5. The normalized spacial score (nSPS) is 12.0. The van der Waals surface area contributed by atoms with Crippen LogP contribution in [0.1, 0.15) is 24.2 Å². The molecular weight excluding hydrogens is 439 g/mol. The van der Waals surface area contributed by atoms with Crippen molar-refractivity contribution in [3.63, 3.8) is 0 Å². The van der Waals surface area contributed by atoms with E-state index in [4.69, 9.17) is 18.0 Å². The number of amides is 1. The third-order valence-corrected chi connectivity index (χ3v) is 4.57. The number of benzene rings is 1. The van der Waals surface area contributed by atoms with Crippen LogP contribution in [0.15, 0.2) is 22.7 Å². The number of nitrogens with two attached hydrogens (primary N) is 1. The van der Waals surface area contributed by atoms with Crippen LogP contribution in [0.4, 0.5) is 0 Å². The maximum atomic E-state index is 12.5. The Hall–Kier alpha value is -0.210. The molecule has 0 spiro atoms. The van der Waals surface area contributed by atoms with E-state index in [0.29, 0.717) is 23.6 Å². The summed E-state index contributed by atoms with van der Waals surface area (Å²) >= 11 is 10.6. The zero-order chi connectivity index (χ0) is 14.6. The standard InChI is InChI=1S/C13H16BrIN2OS/c1-3-17(7-8(2)12(16)19)13(18)10-6-9(15)4-5-11(10)14/h4-6,8H,3,7H2,1-2H3,(H2,16,19). The van der Waals surface area contributed by atoms with E-state index >= 15 is 0 Å². The topological polar surface area (TPSA) is 46.3 Å². The van der Waals surface area contributed by atoms with Gasteiger partial charge in [-0.25, -0.2) is 0 Å². The zero-order valence-electron chi connectivity index (χ0n) is 10.8. The highest BCUT2D eigenvalue weighted by atomic mass is 127. The van der Waals surface area contributed by atoms with Crippen molar-refractivity contribution in [3.8, 4) is 0 Å². The lowest BCUT2D eigenvalue weighted by Gasteiger charge is -2.24. The monoisotopic (exact) mass is 454 g/mol. The Kier molecular flexibility index (Phi) is 6.68. The first-order chi connectivity index (χ1) is 8.86. The maximum Gasteiger partial charge on any atom is 0.255 e. The molecular formula is C13H16BrIN2OS. The zero-order valence-corrected chi connectivity index (χ0v) is 15.4. The van der Waals surface area contributed by atoms with Gasteiger partial charge in [-0.15, -0.1) is 0 Å². The number of rotatable bonds is 5. The van der Waals surface area contributed by atoms with Gasteiger partial charge in [0.25, 0.3) is 5.91 Å². The third-order valence-electron chi connectivity index (χ3n) is 2.81. The van der Waals surface area contributed by atoms with Crippen LogP contribution in [0.2, 0.25) is 0 Å². The number of halogens is 2. The number of hydrogen-bond donors (Lipinski definition) is 1. The molecule has 0 aromatic heterocycles. The number of thiocarbonyl (C=S) groups is 1. The molecule has 3 nitrogen and oxygen atoms in total. The second kappa shape index (κ2) is 7.54. The van der Waals surface area contributed by atoms with Crippen LogP contribution in [0.25, 0.3) is 0 Å². The lowest BCUT2D eigenvalue weighted by atomic mass is 10.1. The Morgan fingerprint density at radius 1 is 1.58 bits per heavy atom. The molecule has 19 heavy (non-hydrogen) atoms. The summed E-state index contributed by atoms with van der Waals surface area (Å²) in [5.74, 6) is 0.0106. The molecule has 0 aliphatic carbocycles. The summed E-state index contributed by atoms with van der Waals surface area (Å²) in [4.78, 5) is 14.7. The molecule has 1 atom stereocenters. The molecule has 2 N–H and O–H groups in total. The van der Waals surface area contributed by atoms with Crippen molar-refractivity contribution in [1.82, 2.24) is 4.90 Å². The molecule has 1 rings (SSSR count). The largest absolute Gasteiger partial charge is 0.393 e. The smallest absolute Gasteiger partial charge is 0.255 e. The van der Waals surface area contributed by atoms with Gasteiger partial charge in [0.15, 0.2) is 0 Å². The molecule has 6 heteroatoms. The molecule has 0 radical (unpaired) electrons. The SMILES string of the molecule is CCN(CC(C)C(N)=S)C(=O)c1cc(I)ccc1Br. The van der Waals surface area contributed by atoms with E-state index < -0.39 is 0 Å². The minimum Gasteiger partial charge on any atom is -0.393 e. The van der Waals surface area contributed by atoms with Gasteiger partial charge in [0.05, 0.1) is 10.6 Å². The van der Waals surface area contributed by atoms with Crippen LogP contribution < -0.4 is 5.73 Å². The van der Waals surface area contributed by atoms with Crippen LogP contribution in [-0.4, -0.2) is 28.9 Å². The van der Waals surface area contributed by atoms with Gasteiger partial charge in [0, 0.05) is 27.1 Å². The Labute approximate surface area is 141 Å². The minimum absolute atomic E-state index is 0.00371. The molecule has 0 aliphatic heterocycles. The van der Waals surface area contributed by atoms with Crippen LogP contribution >= 0.6 is 50.7 Å². The summed E-state index contributed by atoms with van der Waals surface area (Å²) in [6.45, 7) is 5.06. The molecule has 0 saturated carbocycles. The summed E-state index contributed by atoms with van der Waals surface area (Å²) in [5, 5.41) is 0. The Morgan fingerprint density at radius 3 is 2.74 bits per heavy atom. The van der Waals surface area contributed by atoms with Gasteiger partial charge in [-0.2, -0.15) is 0 Å². The Morgan fingerprint density at radius 2 is 2.21 bits per heavy atom. The molecule has 1 unspecified atom stereocenters. The summed E-state index contributed by atoms with van der Waals surface area (Å²) in [6, 6.07) is 5.72. The van der Waals surface area contributed by atoms with Gasteiger partial charge in [-0.3, -0.25) is 4.79 Å². The summed E-state index contributed by atoms with van der Waals surface area (Å²) in [7, 11) is 0. The van der Waals surface area contributed by atoms with Gasteiger partial charge in [0.2, 0.25) is 0 Å². The number of nitrogens with zero attached hydrogens (tertiary/aromatic N) is 1. The Balaban J connectivity index is 2.95. The first-order valence-corrected chi connectivity index (χ1v) is 8.18. The Bertz CT molecular complexity index is 496. The van der Waals surface area contributed by atoms with Crippen molar-refractivity contribution >= 4 is 61.6 Å². The van der Waals surface area contributed by atoms with Crippen molar-refractivity contribution in [2.45, 2.75) is 13.8 Å². The van der Waals surface area contributed by atoms with E-state index in [1.54, 1.807) is 4.90 Å². The van der Waals surface area contributed by atoms with Crippen LogP contribution in [0.5, 0.6) is 0 Å². The lowest BCUT2D eigenvalue weighted by Crippen LogP contribution is -2.38. The van der Waals surface area contributed by atoms with Crippen molar-refractivity contribution in [3.05, 3.63) is 31.8 Å². The van der Waals surface area contributed by atoms with Crippen LogP contribution in [-0.2, 0) is 0 Å².